The second-order valence-electron chi connectivity index (χ2n) is 8.10. The van der Waals surface area contributed by atoms with E-state index in [2.05, 4.69) is 29.2 Å². The molecule has 3 nitrogen and oxygen atoms in total. The van der Waals surface area contributed by atoms with E-state index in [-0.39, 0.29) is 5.41 Å². The molecule has 0 radical (unpaired) electrons. The van der Waals surface area contributed by atoms with Crippen molar-refractivity contribution in [2.45, 2.75) is 77.0 Å². The third kappa shape index (κ3) is 3.74. The van der Waals surface area contributed by atoms with Crippen molar-refractivity contribution in [3.05, 3.63) is 50.2 Å². The van der Waals surface area contributed by atoms with E-state index in [1.165, 1.54) is 29.7 Å². The van der Waals surface area contributed by atoms with E-state index >= 15 is 0 Å². The number of hydrogen-bond acceptors (Lipinski definition) is 3. The molecule has 3 rings (SSSR count). The summed E-state index contributed by atoms with van der Waals surface area (Å²) in [6, 6.07) is 4.24. The average Bonchev–Trinajstić information content (AvgIpc) is 3.19. The molecule has 148 valence electrons. The van der Waals surface area contributed by atoms with Crippen LogP contribution in [0.4, 0.5) is 0 Å². The van der Waals surface area contributed by atoms with Gasteiger partial charge in [-0.2, -0.15) is 0 Å². The van der Waals surface area contributed by atoms with Crippen molar-refractivity contribution < 1.29 is 8.42 Å². The van der Waals surface area contributed by atoms with E-state index in [1.54, 1.807) is 11.3 Å². The van der Waals surface area contributed by atoms with Crippen LogP contribution in [-0.4, -0.2) is 15.0 Å². The Morgan fingerprint density at radius 2 is 1.48 bits per heavy atom. The molecule has 0 unspecified atom stereocenters. The highest BCUT2D eigenvalue weighted by Crippen LogP contribution is 2.41. The van der Waals surface area contributed by atoms with Crippen molar-refractivity contribution >= 4 is 21.4 Å². The predicted molar refractivity (Wildman–Crippen MR) is 114 cm³/mol. The van der Waals surface area contributed by atoms with Gasteiger partial charge in [0.15, 0.2) is 0 Å². The molecule has 0 spiro atoms. The Morgan fingerprint density at radius 1 is 0.926 bits per heavy atom. The first kappa shape index (κ1) is 20.6. The van der Waals surface area contributed by atoms with Gasteiger partial charge in [-0.3, -0.25) is 0 Å². The van der Waals surface area contributed by atoms with Crippen molar-refractivity contribution in [2.24, 2.45) is 0 Å². The Balaban J connectivity index is 1.96. The topological polar surface area (TPSA) is 46.2 Å². The largest absolute Gasteiger partial charge is 0.241 e. The number of hydrogen-bond donors (Lipinski definition) is 1. The Hall–Kier alpha value is -1.17. The average molecular weight is 406 g/mol. The zero-order valence-electron chi connectivity index (χ0n) is 17.1. The monoisotopic (exact) mass is 405 g/mol. The summed E-state index contributed by atoms with van der Waals surface area (Å²) in [5, 5.41) is 2.10. The lowest BCUT2D eigenvalue weighted by Gasteiger charge is -2.37. The van der Waals surface area contributed by atoms with Gasteiger partial charge in [0.1, 0.15) is 0 Å². The highest BCUT2D eigenvalue weighted by atomic mass is 32.2. The van der Waals surface area contributed by atoms with Crippen LogP contribution >= 0.6 is 11.3 Å². The summed E-state index contributed by atoms with van der Waals surface area (Å²) in [5.74, 6) is 0. The van der Waals surface area contributed by atoms with Gasteiger partial charge in [0.25, 0.3) is 0 Å². The van der Waals surface area contributed by atoms with Crippen LogP contribution in [0.15, 0.2) is 22.4 Å². The first-order valence-electron chi connectivity index (χ1n) is 9.80. The molecule has 0 atom stereocenters. The summed E-state index contributed by atoms with van der Waals surface area (Å²) < 4.78 is 29.7. The molecule has 1 fully saturated rings. The van der Waals surface area contributed by atoms with Gasteiger partial charge in [0.2, 0.25) is 10.0 Å². The van der Waals surface area contributed by atoms with Gasteiger partial charge in [0.05, 0.1) is 4.90 Å². The van der Waals surface area contributed by atoms with Gasteiger partial charge in [-0.15, -0.1) is 11.3 Å². The molecule has 1 heterocycles. The Morgan fingerprint density at radius 3 is 2.00 bits per heavy atom. The smallest absolute Gasteiger partial charge is 0.210 e. The predicted octanol–water partition coefficient (Wildman–Crippen LogP) is 5.47. The van der Waals surface area contributed by atoms with Gasteiger partial charge >= 0.3 is 0 Å². The maximum absolute atomic E-state index is 13.3. The first-order chi connectivity index (χ1) is 12.7. The molecule has 0 aliphatic heterocycles. The second kappa shape index (κ2) is 7.69. The third-order valence-corrected chi connectivity index (χ3v) is 9.45. The number of benzene rings is 1. The molecule has 0 bridgehead atoms. The van der Waals surface area contributed by atoms with Gasteiger partial charge in [0, 0.05) is 16.8 Å². The third-order valence-electron chi connectivity index (χ3n) is 6.66. The number of rotatable bonds is 5. The van der Waals surface area contributed by atoms with Gasteiger partial charge < -0.3 is 0 Å². The Kier molecular flexibility index (Phi) is 5.85. The lowest BCUT2D eigenvalue weighted by atomic mass is 9.73. The van der Waals surface area contributed by atoms with Crippen LogP contribution in [0.25, 0.3) is 0 Å². The molecular weight excluding hydrogens is 374 g/mol. The van der Waals surface area contributed by atoms with E-state index in [1.807, 2.05) is 27.7 Å². The molecule has 5 heteroatoms. The van der Waals surface area contributed by atoms with E-state index < -0.39 is 10.0 Å². The standard InChI is InChI=1S/C22H31NO2S2/c1-15-16(2)18(4)21(19(5)17(15)3)27(24,25)23-14-22(11-7-6-8-12-22)20-10-9-13-26-20/h9-10,13,23H,6-8,11-12,14H2,1-5H3. The van der Waals surface area contributed by atoms with Crippen molar-refractivity contribution in [1.82, 2.24) is 4.72 Å². The summed E-state index contributed by atoms with van der Waals surface area (Å²) in [7, 11) is -3.56. The second-order valence-corrected chi connectivity index (χ2v) is 10.7. The molecule has 0 amide bonds. The number of thiophene rings is 1. The van der Waals surface area contributed by atoms with Crippen molar-refractivity contribution in [2.75, 3.05) is 6.54 Å². The fourth-order valence-corrected chi connectivity index (χ4v) is 7.20. The molecular formula is C22H31NO2S2. The first-order valence-corrected chi connectivity index (χ1v) is 12.2. The van der Waals surface area contributed by atoms with Gasteiger partial charge in [-0.25, -0.2) is 13.1 Å². The zero-order chi connectivity index (χ0) is 19.8. The highest BCUT2D eigenvalue weighted by molar-refractivity contribution is 7.89. The van der Waals surface area contributed by atoms with Crippen LogP contribution in [0.2, 0.25) is 0 Å². The molecule has 27 heavy (non-hydrogen) atoms. The summed E-state index contributed by atoms with van der Waals surface area (Å²) in [4.78, 5) is 1.79. The molecule has 0 saturated heterocycles. The Bertz CT molecular complexity index is 893. The van der Waals surface area contributed by atoms with Crippen molar-refractivity contribution in [3.8, 4) is 0 Å². The van der Waals surface area contributed by atoms with Crippen LogP contribution < -0.4 is 4.72 Å². The summed E-state index contributed by atoms with van der Waals surface area (Å²) in [5.41, 5.74) is 5.02. The molecule has 2 aromatic rings. The SMILES string of the molecule is Cc1c(C)c(C)c(S(=O)(=O)NCC2(c3cccs3)CCCCC2)c(C)c1C. The highest BCUT2D eigenvalue weighted by Gasteiger charge is 2.36. The quantitative estimate of drug-likeness (QED) is 0.717. The fourth-order valence-electron chi connectivity index (χ4n) is 4.49. The Labute approximate surface area is 168 Å². The summed E-state index contributed by atoms with van der Waals surface area (Å²) in [6.07, 6.45) is 5.69. The van der Waals surface area contributed by atoms with Crippen molar-refractivity contribution in [3.63, 3.8) is 0 Å². The minimum atomic E-state index is -3.56. The minimum absolute atomic E-state index is 0.0594. The van der Waals surface area contributed by atoms with Crippen LogP contribution in [0.3, 0.4) is 0 Å². The molecule has 1 N–H and O–H groups in total. The van der Waals surface area contributed by atoms with E-state index in [0.29, 0.717) is 11.4 Å². The lowest BCUT2D eigenvalue weighted by molar-refractivity contribution is 0.298. The van der Waals surface area contributed by atoms with Gasteiger partial charge in [-0.05, 0) is 86.7 Å². The van der Waals surface area contributed by atoms with Crippen LogP contribution in [0, 0.1) is 34.6 Å². The fraction of sp³-hybridized carbons (Fsp3) is 0.545. The molecule has 1 aliphatic rings. The molecule has 1 aromatic carbocycles. The molecule has 1 aliphatic carbocycles. The maximum Gasteiger partial charge on any atom is 0.241 e. The van der Waals surface area contributed by atoms with Crippen LogP contribution in [0.1, 0.15) is 64.8 Å². The maximum atomic E-state index is 13.3. The summed E-state index contributed by atoms with van der Waals surface area (Å²) in [6.45, 7) is 10.5. The number of sulfonamides is 1. The summed E-state index contributed by atoms with van der Waals surface area (Å²) >= 11 is 1.75. The van der Waals surface area contributed by atoms with E-state index in [9.17, 15) is 8.42 Å². The number of nitrogens with one attached hydrogen (secondary N) is 1. The minimum Gasteiger partial charge on any atom is -0.210 e. The van der Waals surface area contributed by atoms with E-state index in [0.717, 1.165) is 35.1 Å². The van der Waals surface area contributed by atoms with Crippen molar-refractivity contribution in [1.29, 1.82) is 0 Å². The molecule has 1 aromatic heterocycles. The van der Waals surface area contributed by atoms with Gasteiger partial charge in [-0.1, -0.05) is 25.3 Å². The zero-order valence-corrected chi connectivity index (χ0v) is 18.7. The van der Waals surface area contributed by atoms with Crippen LogP contribution in [-0.2, 0) is 15.4 Å². The molecule has 1 saturated carbocycles. The normalized spacial score (nSPS) is 17.2. The lowest BCUT2D eigenvalue weighted by Crippen LogP contribution is -2.42. The van der Waals surface area contributed by atoms with E-state index in [4.69, 9.17) is 0 Å². The van der Waals surface area contributed by atoms with Crippen LogP contribution in [0.5, 0.6) is 0 Å².